The first-order chi connectivity index (χ1) is 20.4. The molecule has 0 atom stereocenters. The molecule has 0 spiro atoms. The third-order valence-electron chi connectivity index (χ3n) is 7.95. The predicted molar refractivity (Wildman–Crippen MR) is 184 cm³/mol. The topological polar surface area (TPSA) is 46.2 Å². The molecule has 5 aromatic rings. The van der Waals surface area contributed by atoms with E-state index in [1.54, 1.807) is 12.1 Å². The van der Waals surface area contributed by atoms with Crippen LogP contribution >= 0.6 is 20.8 Å². The minimum atomic E-state index is -3.54. The van der Waals surface area contributed by atoms with Crippen molar-refractivity contribution in [2.45, 2.75) is 30.6 Å². The molecule has 0 bridgehead atoms. The van der Waals surface area contributed by atoms with Crippen molar-refractivity contribution < 1.29 is 8.42 Å². The van der Waals surface area contributed by atoms with Crippen LogP contribution in [0.4, 0.5) is 0 Å². The SMILES string of the molecule is O=S(=O)(NCCCCCCP(Br)(c1ccccc1)(c1ccccc1)c1ccccc1)c1ccc(-c2ccccc2)cc1. The zero-order chi connectivity index (χ0) is 29.3. The Bertz CT molecular complexity index is 1570. The molecule has 0 unspecified atom stereocenters. The Morgan fingerprint density at radius 3 is 1.38 bits per heavy atom. The summed E-state index contributed by atoms with van der Waals surface area (Å²) in [6, 6.07) is 49.6. The first-order valence-corrected chi connectivity index (χ1v) is 20.4. The van der Waals surface area contributed by atoms with Crippen LogP contribution in [0.25, 0.3) is 11.1 Å². The minimum absolute atomic E-state index is 0.299. The van der Waals surface area contributed by atoms with E-state index >= 15 is 0 Å². The van der Waals surface area contributed by atoms with Crippen LogP contribution in [-0.2, 0) is 10.0 Å². The standard InChI is InChI=1S/C36H37BrNO2PS/c37-41(33-19-9-4-10-20-33,34-21-11-5-12-22-34,35-23-13-6-14-24-35)30-16-2-1-15-29-38-42(39,40)36-27-25-32(26-28-36)31-17-7-3-8-18-31/h3-14,17-28,38H,1-2,15-16,29-30H2. The Kier molecular flexibility index (Phi) is 9.75. The van der Waals surface area contributed by atoms with Crippen molar-refractivity contribution in [1.82, 2.24) is 4.72 Å². The van der Waals surface area contributed by atoms with Crippen molar-refractivity contribution in [2.24, 2.45) is 0 Å². The van der Waals surface area contributed by atoms with Gasteiger partial charge in [-0.25, -0.2) is 0 Å². The Morgan fingerprint density at radius 2 is 0.905 bits per heavy atom. The second-order valence-electron chi connectivity index (χ2n) is 10.6. The van der Waals surface area contributed by atoms with Crippen LogP contribution in [0.2, 0.25) is 0 Å². The van der Waals surface area contributed by atoms with Gasteiger partial charge in [-0.3, -0.25) is 0 Å². The van der Waals surface area contributed by atoms with Gasteiger partial charge in [0, 0.05) is 0 Å². The van der Waals surface area contributed by atoms with E-state index in [2.05, 4.69) is 111 Å². The average molecular weight is 659 g/mol. The molecular formula is C36H37BrNO2PS. The molecule has 5 aromatic carbocycles. The molecule has 0 fully saturated rings. The fraction of sp³-hybridized carbons (Fsp3) is 0.167. The molecule has 0 amide bonds. The Morgan fingerprint density at radius 1 is 0.500 bits per heavy atom. The number of rotatable bonds is 13. The Balaban J connectivity index is 1.23. The van der Waals surface area contributed by atoms with E-state index < -0.39 is 15.3 Å². The molecule has 1 N–H and O–H groups in total. The summed E-state index contributed by atoms with van der Waals surface area (Å²) in [5.41, 5.74) is 2.07. The molecule has 0 radical (unpaired) electrons. The molecular weight excluding hydrogens is 621 g/mol. The van der Waals surface area contributed by atoms with Gasteiger partial charge in [0.25, 0.3) is 0 Å². The number of sulfonamides is 1. The van der Waals surface area contributed by atoms with E-state index in [4.69, 9.17) is 0 Å². The van der Waals surface area contributed by atoms with Gasteiger partial charge in [-0.15, -0.1) is 0 Å². The van der Waals surface area contributed by atoms with Gasteiger partial charge in [-0.2, -0.15) is 0 Å². The molecule has 0 saturated heterocycles. The van der Waals surface area contributed by atoms with E-state index in [1.165, 1.54) is 15.9 Å². The summed E-state index contributed by atoms with van der Waals surface area (Å²) in [4.78, 5) is 0.299. The summed E-state index contributed by atoms with van der Waals surface area (Å²) >= 11 is 4.51. The first-order valence-electron chi connectivity index (χ1n) is 14.5. The summed E-state index contributed by atoms with van der Waals surface area (Å²) < 4.78 is 28.6. The van der Waals surface area contributed by atoms with E-state index in [1.807, 2.05) is 42.5 Å². The quantitative estimate of drug-likeness (QED) is 0.103. The fourth-order valence-corrected chi connectivity index (χ4v) is 14.5. The van der Waals surface area contributed by atoms with E-state index in [0.717, 1.165) is 43.0 Å². The third-order valence-corrected chi connectivity index (χ3v) is 19.5. The van der Waals surface area contributed by atoms with Crippen LogP contribution in [0.5, 0.6) is 0 Å². The number of hydrogen-bond acceptors (Lipinski definition) is 2. The van der Waals surface area contributed by atoms with Gasteiger partial charge in [-0.1, -0.05) is 30.3 Å². The average Bonchev–Trinajstić information content (AvgIpc) is 3.06. The van der Waals surface area contributed by atoms with Crippen molar-refractivity contribution in [1.29, 1.82) is 0 Å². The van der Waals surface area contributed by atoms with Crippen molar-refractivity contribution >= 4 is 46.7 Å². The molecule has 0 aromatic heterocycles. The van der Waals surface area contributed by atoms with Crippen molar-refractivity contribution in [2.75, 3.05) is 12.7 Å². The maximum atomic E-state index is 12.9. The van der Waals surface area contributed by atoms with E-state index in [9.17, 15) is 8.42 Å². The van der Waals surface area contributed by atoms with Gasteiger partial charge in [-0.05, 0) is 5.56 Å². The molecule has 0 heterocycles. The van der Waals surface area contributed by atoms with E-state index in [-0.39, 0.29) is 0 Å². The molecule has 216 valence electrons. The summed E-state index contributed by atoms with van der Waals surface area (Å²) in [5, 5.41) is 1.07. The van der Waals surface area contributed by atoms with Gasteiger partial charge in [0.1, 0.15) is 0 Å². The Hall–Kier alpha value is -3.08. The van der Waals surface area contributed by atoms with Gasteiger partial charge in [0.2, 0.25) is 0 Å². The van der Waals surface area contributed by atoms with Crippen LogP contribution in [0.3, 0.4) is 0 Å². The summed E-state index contributed by atoms with van der Waals surface area (Å²) in [6.45, 7) is 0.427. The number of benzene rings is 5. The molecule has 0 saturated carbocycles. The normalized spacial score (nSPS) is 12.8. The zero-order valence-corrected chi connectivity index (χ0v) is 26.9. The van der Waals surface area contributed by atoms with Crippen LogP contribution < -0.4 is 20.6 Å². The van der Waals surface area contributed by atoms with Gasteiger partial charge < -0.3 is 0 Å². The third kappa shape index (κ3) is 6.45. The molecule has 6 heteroatoms. The van der Waals surface area contributed by atoms with E-state index in [0.29, 0.717) is 11.4 Å². The molecule has 5 rings (SSSR count). The maximum absolute atomic E-state index is 12.9. The van der Waals surface area contributed by atoms with Gasteiger partial charge in [0.15, 0.2) is 0 Å². The van der Waals surface area contributed by atoms with Gasteiger partial charge in [0.05, 0.1) is 0 Å². The molecule has 0 aliphatic heterocycles. The van der Waals surface area contributed by atoms with Gasteiger partial charge >= 0.3 is 224 Å². The second kappa shape index (κ2) is 13.5. The van der Waals surface area contributed by atoms with Crippen LogP contribution in [-0.4, -0.2) is 21.1 Å². The predicted octanol–water partition coefficient (Wildman–Crippen LogP) is 8.03. The van der Waals surface area contributed by atoms with Crippen molar-refractivity contribution in [3.63, 3.8) is 0 Å². The number of nitrogens with one attached hydrogen (secondary N) is 1. The van der Waals surface area contributed by atoms with Crippen LogP contribution in [0.15, 0.2) is 150 Å². The van der Waals surface area contributed by atoms with Crippen molar-refractivity contribution in [3.8, 4) is 11.1 Å². The summed E-state index contributed by atoms with van der Waals surface area (Å²) in [5.74, 6) is 0. The summed E-state index contributed by atoms with van der Waals surface area (Å²) in [6.07, 6.45) is 4.77. The van der Waals surface area contributed by atoms with Crippen LogP contribution in [0, 0.1) is 0 Å². The zero-order valence-electron chi connectivity index (χ0n) is 23.6. The molecule has 42 heavy (non-hydrogen) atoms. The monoisotopic (exact) mass is 657 g/mol. The molecule has 0 aliphatic carbocycles. The first kappa shape index (κ1) is 30.4. The number of unbranched alkanes of at least 4 members (excludes halogenated alkanes) is 3. The number of hydrogen-bond donors (Lipinski definition) is 1. The van der Waals surface area contributed by atoms with Crippen molar-refractivity contribution in [3.05, 3.63) is 146 Å². The molecule has 0 aliphatic rings. The second-order valence-corrected chi connectivity index (χ2v) is 21.4. The Labute approximate surface area is 258 Å². The summed E-state index contributed by atoms with van der Waals surface area (Å²) in [7, 11) is -3.54. The van der Waals surface area contributed by atoms with Crippen LogP contribution in [0.1, 0.15) is 25.7 Å². The fourth-order valence-electron chi connectivity index (χ4n) is 5.69. The number of halogens is 1. The molecule has 3 nitrogen and oxygen atoms in total.